The van der Waals surface area contributed by atoms with E-state index in [1.54, 1.807) is 12.3 Å². The molecular weight excluding hydrogens is 182 g/mol. The monoisotopic (exact) mass is 195 g/mol. The van der Waals surface area contributed by atoms with Crippen LogP contribution in [-0.2, 0) is 4.74 Å². The smallest absolute Gasteiger partial charge is 0.322 e. The minimum Gasteiger partial charge on any atom is -0.364 e. The number of nitrogens with one attached hydrogen (secondary N) is 2. The quantitative estimate of drug-likeness (QED) is 0.710. The maximum absolute atomic E-state index is 11.1. The molecule has 0 aliphatic carbocycles. The van der Waals surface area contributed by atoms with Gasteiger partial charge in [-0.1, -0.05) is 6.07 Å². The number of aromatic nitrogens is 1. The van der Waals surface area contributed by atoms with Gasteiger partial charge in [0.1, 0.15) is 12.5 Å². The van der Waals surface area contributed by atoms with Crippen LogP contribution >= 0.6 is 0 Å². The summed E-state index contributed by atoms with van der Waals surface area (Å²) in [5.74, 6) is 0.518. The molecule has 1 aromatic heterocycles. The second-order valence-corrected chi connectivity index (χ2v) is 2.78. The zero-order valence-electron chi connectivity index (χ0n) is 8.20. The van der Waals surface area contributed by atoms with Crippen molar-refractivity contribution in [3.05, 3.63) is 23.9 Å². The van der Waals surface area contributed by atoms with Gasteiger partial charge in [0.2, 0.25) is 0 Å². The van der Waals surface area contributed by atoms with Crippen LogP contribution in [0.5, 0.6) is 0 Å². The Morgan fingerprint density at radius 3 is 2.93 bits per heavy atom. The third kappa shape index (κ3) is 3.40. The average molecular weight is 195 g/mol. The van der Waals surface area contributed by atoms with Gasteiger partial charge in [0.05, 0.1) is 0 Å². The number of hydrogen-bond donors (Lipinski definition) is 2. The minimum absolute atomic E-state index is 0.178. The first-order valence-corrected chi connectivity index (χ1v) is 4.19. The van der Waals surface area contributed by atoms with Crippen molar-refractivity contribution < 1.29 is 9.53 Å². The van der Waals surface area contributed by atoms with Gasteiger partial charge in [-0.3, -0.25) is 5.32 Å². The Morgan fingerprint density at radius 2 is 2.36 bits per heavy atom. The molecule has 2 amide bonds. The van der Waals surface area contributed by atoms with Crippen molar-refractivity contribution in [2.75, 3.05) is 19.2 Å². The zero-order valence-corrected chi connectivity index (χ0v) is 8.20. The number of urea groups is 1. The maximum Gasteiger partial charge on any atom is 0.322 e. The van der Waals surface area contributed by atoms with E-state index in [1.165, 1.54) is 7.11 Å². The molecule has 0 bridgehead atoms. The standard InChI is InChI=1S/C9H13N3O2/c1-7-3-4-8(10-5-7)12-9(13)11-6-14-2/h3-5H,6H2,1-2H3,(H2,10,11,12,13). The van der Waals surface area contributed by atoms with Crippen molar-refractivity contribution in [2.24, 2.45) is 0 Å². The van der Waals surface area contributed by atoms with E-state index in [-0.39, 0.29) is 12.8 Å². The number of aryl methyl sites for hydroxylation is 1. The molecule has 0 aliphatic rings. The summed E-state index contributed by atoms with van der Waals surface area (Å²) in [5.41, 5.74) is 1.05. The van der Waals surface area contributed by atoms with Crippen LogP contribution in [0.3, 0.4) is 0 Å². The Morgan fingerprint density at radius 1 is 1.57 bits per heavy atom. The molecular formula is C9H13N3O2. The third-order valence-electron chi connectivity index (χ3n) is 1.53. The number of carbonyl (C=O) groups is 1. The number of methoxy groups -OCH3 is 1. The van der Waals surface area contributed by atoms with E-state index in [4.69, 9.17) is 0 Å². The fourth-order valence-corrected chi connectivity index (χ4v) is 0.840. The molecule has 0 saturated carbocycles. The summed E-state index contributed by atoms with van der Waals surface area (Å²) in [4.78, 5) is 15.1. The van der Waals surface area contributed by atoms with E-state index < -0.39 is 0 Å². The van der Waals surface area contributed by atoms with Crippen LogP contribution in [0.1, 0.15) is 5.56 Å². The number of nitrogens with zero attached hydrogens (tertiary/aromatic N) is 1. The van der Waals surface area contributed by atoms with Gasteiger partial charge in [-0.25, -0.2) is 9.78 Å². The largest absolute Gasteiger partial charge is 0.364 e. The second-order valence-electron chi connectivity index (χ2n) is 2.78. The summed E-state index contributed by atoms with van der Waals surface area (Å²) >= 11 is 0. The molecule has 14 heavy (non-hydrogen) atoms. The number of amides is 2. The fraction of sp³-hybridized carbons (Fsp3) is 0.333. The summed E-state index contributed by atoms with van der Waals surface area (Å²) in [6.07, 6.45) is 1.69. The van der Waals surface area contributed by atoms with E-state index in [1.807, 2.05) is 13.0 Å². The van der Waals surface area contributed by atoms with E-state index in [0.717, 1.165) is 5.56 Å². The third-order valence-corrected chi connectivity index (χ3v) is 1.53. The number of anilines is 1. The van der Waals surface area contributed by atoms with E-state index >= 15 is 0 Å². The molecule has 0 fully saturated rings. The summed E-state index contributed by atoms with van der Waals surface area (Å²) in [6, 6.07) is 3.28. The predicted molar refractivity (Wildman–Crippen MR) is 53.0 cm³/mol. The second kappa shape index (κ2) is 5.18. The first-order valence-electron chi connectivity index (χ1n) is 4.19. The molecule has 1 heterocycles. The van der Waals surface area contributed by atoms with Crippen LogP contribution in [-0.4, -0.2) is 24.9 Å². The van der Waals surface area contributed by atoms with Crippen LogP contribution in [0.15, 0.2) is 18.3 Å². The van der Waals surface area contributed by atoms with E-state index in [9.17, 15) is 4.79 Å². The Bertz CT molecular complexity index is 297. The topological polar surface area (TPSA) is 63.2 Å². The molecule has 1 rings (SSSR count). The molecule has 0 aliphatic heterocycles. The molecule has 0 unspecified atom stereocenters. The highest BCUT2D eigenvalue weighted by Crippen LogP contribution is 2.02. The van der Waals surface area contributed by atoms with Gasteiger partial charge in [0.15, 0.2) is 0 Å². The molecule has 0 radical (unpaired) electrons. The SMILES string of the molecule is COCNC(=O)Nc1ccc(C)cn1. The Labute approximate surface area is 82.5 Å². The van der Waals surface area contributed by atoms with Gasteiger partial charge in [0, 0.05) is 13.3 Å². The van der Waals surface area contributed by atoms with Crippen molar-refractivity contribution in [3.8, 4) is 0 Å². The average Bonchev–Trinajstić information content (AvgIpc) is 2.18. The Balaban J connectivity index is 2.44. The molecule has 5 nitrogen and oxygen atoms in total. The molecule has 76 valence electrons. The summed E-state index contributed by atoms with van der Waals surface area (Å²) in [5, 5.41) is 5.05. The van der Waals surface area contributed by atoms with Crippen LogP contribution in [0.25, 0.3) is 0 Å². The number of carbonyl (C=O) groups excluding carboxylic acids is 1. The molecule has 0 saturated heterocycles. The highest BCUT2D eigenvalue weighted by Gasteiger charge is 2.00. The van der Waals surface area contributed by atoms with E-state index in [2.05, 4.69) is 20.4 Å². The van der Waals surface area contributed by atoms with Crippen molar-refractivity contribution in [1.82, 2.24) is 10.3 Å². The first kappa shape index (κ1) is 10.5. The first-order chi connectivity index (χ1) is 6.72. The van der Waals surface area contributed by atoms with Gasteiger partial charge in [-0.05, 0) is 18.6 Å². The summed E-state index contributed by atoms with van der Waals surface area (Å²) in [6.45, 7) is 2.11. The fourth-order valence-electron chi connectivity index (χ4n) is 0.840. The van der Waals surface area contributed by atoms with Crippen molar-refractivity contribution in [2.45, 2.75) is 6.92 Å². The number of rotatable bonds is 3. The highest BCUT2D eigenvalue weighted by molar-refractivity contribution is 5.87. The molecule has 5 heteroatoms. The van der Waals surface area contributed by atoms with Crippen molar-refractivity contribution in [1.29, 1.82) is 0 Å². The lowest BCUT2D eigenvalue weighted by Crippen LogP contribution is -2.30. The van der Waals surface area contributed by atoms with Crippen LogP contribution < -0.4 is 10.6 Å². The van der Waals surface area contributed by atoms with Gasteiger partial charge < -0.3 is 10.1 Å². The van der Waals surface area contributed by atoms with Crippen molar-refractivity contribution >= 4 is 11.8 Å². The van der Waals surface area contributed by atoms with Crippen molar-refractivity contribution in [3.63, 3.8) is 0 Å². The summed E-state index contributed by atoms with van der Waals surface area (Å²) < 4.78 is 4.68. The van der Waals surface area contributed by atoms with Crippen LogP contribution in [0, 0.1) is 6.92 Å². The number of ether oxygens (including phenoxy) is 1. The molecule has 1 aromatic rings. The van der Waals surface area contributed by atoms with Gasteiger partial charge in [-0.15, -0.1) is 0 Å². The number of pyridine rings is 1. The minimum atomic E-state index is -0.330. The predicted octanol–water partition coefficient (Wildman–Crippen LogP) is 1.12. The van der Waals surface area contributed by atoms with Crippen LogP contribution in [0.2, 0.25) is 0 Å². The molecule has 2 N–H and O–H groups in total. The zero-order chi connectivity index (χ0) is 10.4. The normalized spacial score (nSPS) is 9.57. The number of hydrogen-bond acceptors (Lipinski definition) is 3. The molecule has 0 atom stereocenters. The lowest BCUT2D eigenvalue weighted by molar-refractivity contribution is 0.177. The Kier molecular flexibility index (Phi) is 3.87. The maximum atomic E-state index is 11.1. The lowest BCUT2D eigenvalue weighted by Gasteiger charge is -2.05. The van der Waals surface area contributed by atoms with E-state index in [0.29, 0.717) is 5.82 Å². The van der Waals surface area contributed by atoms with Gasteiger partial charge in [-0.2, -0.15) is 0 Å². The van der Waals surface area contributed by atoms with Gasteiger partial charge in [0.25, 0.3) is 0 Å². The summed E-state index contributed by atoms with van der Waals surface area (Å²) in [7, 11) is 1.50. The highest BCUT2D eigenvalue weighted by atomic mass is 16.5. The van der Waals surface area contributed by atoms with Crippen LogP contribution in [0.4, 0.5) is 10.6 Å². The molecule has 0 aromatic carbocycles. The lowest BCUT2D eigenvalue weighted by atomic mass is 10.3. The van der Waals surface area contributed by atoms with Gasteiger partial charge >= 0.3 is 6.03 Å². The Hall–Kier alpha value is -1.62. The molecule has 0 spiro atoms.